The van der Waals surface area contributed by atoms with E-state index in [2.05, 4.69) is 70.9 Å². The fourth-order valence-corrected chi connectivity index (χ4v) is 3.60. The van der Waals surface area contributed by atoms with Crippen LogP contribution in [0.1, 0.15) is 30.5 Å². The van der Waals surface area contributed by atoms with E-state index in [1.54, 1.807) is 0 Å². The Labute approximate surface area is 165 Å². The average molecular weight is 372 g/mol. The van der Waals surface area contributed by atoms with Gasteiger partial charge in [0, 0.05) is 24.3 Å². The molecule has 4 nitrogen and oxygen atoms in total. The minimum Gasteiger partial charge on any atom is -0.438 e. The predicted molar refractivity (Wildman–Crippen MR) is 112 cm³/mol. The van der Waals surface area contributed by atoms with E-state index in [9.17, 15) is 4.79 Å². The van der Waals surface area contributed by atoms with Gasteiger partial charge in [0.2, 0.25) is 0 Å². The van der Waals surface area contributed by atoms with Crippen LogP contribution in [0.15, 0.2) is 78.9 Å². The van der Waals surface area contributed by atoms with E-state index in [4.69, 9.17) is 4.74 Å². The molecular weight excluding hydrogens is 348 g/mol. The molecule has 0 aliphatic carbocycles. The van der Waals surface area contributed by atoms with Gasteiger partial charge in [0.15, 0.2) is 0 Å². The van der Waals surface area contributed by atoms with Crippen molar-refractivity contribution in [2.24, 2.45) is 0 Å². The first kappa shape index (κ1) is 18.1. The summed E-state index contributed by atoms with van der Waals surface area (Å²) in [6.07, 6.45) is -0.407. The van der Waals surface area contributed by atoms with Gasteiger partial charge in [-0.15, -0.1) is 0 Å². The Morgan fingerprint density at radius 2 is 1.43 bits per heavy atom. The summed E-state index contributed by atoms with van der Waals surface area (Å²) in [4.78, 5) is 14.1. The van der Waals surface area contributed by atoms with E-state index in [0.29, 0.717) is 0 Å². The normalized spacial score (nSPS) is 14.6. The van der Waals surface area contributed by atoms with Crippen molar-refractivity contribution in [3.05, 3.63) is 95.6 Å². The SMILES string of the molecule is CC1(C)OC(=O)Nc2ccc(N(Cc3ccccc3)Cc3ccccc3)cc21. The molecule has 4 heteroatoms. The molecule has 1 aliphatic rings. The molecule has 1 amide bonds. The number of anilines is 2. The number of carbonyl (C=O) groups excluding carboxylic acids is 1. The quantitative estimate of drug-likeness (QED) is 0.625. The van der Waals surface area contributed by atoms with Crippen molar-refractivity contribution in [3.8, 4) is 0 Å². The van der Waals surface area contributed by atoms with Gasteiger partial charge in [0.1, 0.15) is 5.60 Å². The Kier molecular flexibility index (Phi) is 4.78. The molecule has 1 aliphatic heterocycles. The second kappa shape index (κ2) is 7.39. The average Bonchev–Trinajstić information content (AvgIpc) is 2.68. The predicted octanol–water partition coefficient (Wildman–Crippen LogP) is 5.69. The minimum atomic E-state index is -0.668. The molecule has 0 saturated carbocycles. The van der Waals surface area contributed by atoms with Crippen molar-refractivity contribution in [1.29, 1.82) is 0 Å². The van der Waals surface area contributed by atoms with E-state index in [-0.39, 0.29) is 0 Å². The third-order valence-electron chi connectivity index (χ3n) is 5.03. The van der Waals surface area contributed by atoms with Crippen LogP contribution in [0, 0.1) is 0 Å². The summed E-state index contributed by atoms with van der Waals surface area (Å²) in [5.74, 6) is 0. The molecule has 0 atom stereocenters. The monoisotopic (exact) mass is 372 g/mol. The Balaban J connectivity index is 1.71. The van der Waals surface area contributed by atoms with Crippen molar-refractivity contribution in [2.45, 2.75) is 32.5 Å². The van der Waals surface area contributed by atoms with Crippen molar-refractivity contribution in [1.82, 2.24) is 0 Å². The molecule has 3 aromatic rings. The summed E-state index contributed by atoms with van der Waals surface area (Å²) in [7, 11) is 0. The highest BCUT2D eigenvalue weighted by Crippen LogP contribution is 2.38. The van der Waals surface area contributed by atoms with Crippen LogP contribution >= 0.6 is 0 Å². The number of carbonyl (C=O) groups is 1. The first-order chi connectivity index (χ1) is 13.5. The van der Waals surface area contributed by atoms with Gasteiger partial charge < -0.3 is 9.64 Å². The van der Waals surface area contributed by atoms with Gasteiger partial charge in [0.25, 0.3) is 0 Å². The summed E-state index contributed by atoms with van der Waals surface area (Å²) in [6.45, 7) is 5.44. The fraction of sp³-hybridized carbons (Fsp3) is 0.208. The van der Waals surface area contributed by atoms with Crippen LogP contribution in [0.3, 0.4) is 0 Å². The number of rotatable bonds is 5. The van der Waals surface area contributed by atoms with Gasteiger partial charge in [-0.2, -0.15) is 0 Å². The van der Waals surface area contributed by atoms with Crippen LogP contribution in [-0.4, -0.2) is 6.09 Å². The molecule has 0 fully saturated rings. The van der Waals surface area contributed by atoms with Crippen LogP contribution in [-0.2, 0) is 23.4 Å². The van der Waals surface area contributed by atoms with Gasteiger partial charge in [-0.1, -0.05) is 60.7 Å². The van der Waals surface area contributed by atoms with Crippen molar-refractivity contribution < 1.29 is 9.53 Å². The van der Waals surface area contributed by atoms with Gasteiger partial charge in [-0.25, -0.2) is 4.79 Å². The van der Waals surface area contributed by atoms with Crippen LogP contribution in [0.5, 0.6) is 0 Å². The number of cyclic esters (lactones) is 1. The van der Waals surface area contributed by atoms with Gasteiger partial charge in [-0.05, 0) is 43.2 Å². The molecule has 0 saturated heterocycles. The van der Waals surface area contributed by atoms with E-state index < -0.39 is 11.7 Å². The maximum absolute atomic E-state index is 11.8. The molecule has 1 heterocycles. The smallest absolute Gasteiger partial charge is 0.412 e. The highest BCUT2D eigenvalue weighted by atomic mass is 16.6. The molecule has 0 aromatic heterocycles. The van der Waals surface area contributed by atoms with E-state index in [0.717, 1.165) is 30.0 Å². The lowest BCUT2D eigenvalue weighted by Gasteiger charge is -2.34. The first-order valence-corrected chi connectivity index (χ1v) is 9.48. The third kappa shape index (κ3) is 3.86. The van der Waals surface area contributed by atoms with Crippen LogP contribution in [0.2, 0.25) is 0 Å². The number of benzene rings is 3. The lowest BCUT2D eigenvalue weighted by molar-refractivity contribution is 0.0421. The van der Waals surface area contributed by atoms with Crippen molar-refractivity contribution in [3.63, 3.8) is 0 Å². The molecule has 3 aromatic carbocycles. The van der Waals surface area contributed by atoms with Crippen molar-refractivity contribution in [2.75, 3.05) is 10.2 Å². The fourth-order valence-electron chi connectivity index (χ4n) is 3.60. The van der Waals surface area contributed by atoms with Gasteiger partial charge >= 0.3 is 6.09 Å². The van der Waals surface area contributed by atoms with Crippen LogP contribution in [0.25, 0.3) is 0 Å². The molecule has 0 radical (unpaired) electrons. The Morgan fingerprint density at radius 1 is 0.857 bits per heavy atom. The van der Waals surface area contributed by atoms with E-state index in [1.807, 2.05) is 32.0 Å². The lowest BCUT2D eigenvalue weighted by Crippen LogP contribution is -2.35. The summed E-state index contributed by atoms with van der Waals surface area (Å²) >= 11 is 0. The van der Waals surface area contributed by atoms with Crippen LogP contribution < -0.4 is 10.2 Å². The first-order valence-electron chi connectivity index (χ1n) is 9.48. The van der Waals surface area contributed by atoms with E-state index >= 15 is 0 Å². The third-order valence-corrected chi connectivity index (χ3v) is 5.03. The zero-order chi connectivity index (χ0) is 19.6. The van der Waals surface area contributed by atoms with Gasteiger partial charge in [0.05, 0.1) is 5.69 Å². The number of hydrogen-bond donors (Lipinski definition) is 1. The molecule has 142 valence electrons. The Morgan fingerprint density at radius 3 is 2.00 bits per heavy atom. The molecule has 28 heavy (non-hydrogen) atoms. The highest BCUT2D eigenvalue weighted by Gasteiger charge is 2.33. The zero-order valence-electron chi connectivity index (χ0n) is 16.2. The number of fused-ring (bicyclic) bond motifs is 1. The molecule has 0 bridgehead atoms. The molecule has 0 unspecified atom stereocenters. The second-order valence-electron chi connectivity index (χ2n) is 7.58. The Bertz CT molecular complexity index is 927. The Hall–Kier alpha value is -3.27. The standard InChI is InChI=1S/C24H24N2O2/c1-24(2)21-15-20(13-14-22(21)25-23(27)28-24)26(16-18-9-5-3-6-10-18)17-19-11-7-4-8-12-19/h3-15H,16-17H2,1-2H3,(H,25,27). The number of hydrogen-bond acceptors (Lipinski definition) is 3. The number of nitrogens with one attached hydrogen (secondary N) is 1. The molecular formula is C24H24N2O2. The largest absolute Gasteiger partial charge is 0.438 e. The number of amides is 1. The summed E-state index contributed by atoms with van der Waals surface area (Å²) in [5, 5.41) is 2.80. The van der Waals surface area contributed by atoms with Crippen LogP contribution in [0.4, 0.5) is 16.2 Å². The number of ether oxygens (including phenoxy) is 1. The highest BCUT2D eigenvalue weighted by molar-refractivity contribution is 5.89. The summed E-state index contributed by atoms with van der Waals surface area (Å²) in [6, 6.07) is 27.1. The molecule has 0 spiro atoms. The van der Waals surface area contributed by atoms with Crippen molar-refractivity contribution >= 4 is 17.5 Å². The lowest BCUT2D eigenvalue weighted by atomic mass is 9.94. The second-order valence-corrected chi connectivity index (χ2v) is 7.58. The maximum Gasteiger partial charge on any atom is 0.412 e. The summed E-state index contributed by atoms with van der Waals surface area (Å²) in [5.41, 5.74) is 4.72. The number of nitrogens with zero attached hydrogens (tertiary/aromatic N) is 1. The van der Waals surface area contributed by atoms with Gasteiger partial charge in [-0.3, -0.25) is 5.32 Å². The molecule has 1 N–H and O–H groups in total. The zero-order valence-corrected chi connectivity index (χ0v) is 16.2. The molecule has 4 rings (SSSR count). The summed E-state index contributed by atoms with van der Waals surface area (Å²) < 4.78 is 5.50. The topological polar surface area (TPSA) is 41.6 Å². The minimum absolute atomic E-state index is 0.407. The van der Waals surface area contributed by atoms with E-state index in [1.165, 1.54) is 11.1 Å². The maximum atomic E-state index is 11.8.